The van der Waals surface area contributed by atoms with Crippen molar-refractivity contribution >= 4 is 11.3 Å². The number of hydrogen-bond donors (Lipinski definition) is 1. The van der Waals surface area contributed by atoms with E-state index in [1.165, 1.54) is 17.7 Å². The molecule has 1 atom stereocenters. The predicted octanol–water partition coefficient (Wildman–Crippen LogP) is 2.71. The minimum atomic E-state index is 0.298. The summed E-state index contributed by atoms with van der Waals surface area (Å²) >= 11 is 1.86. The highest BCUT2D eigenvalue weighted by molar-refractivity contribution is 7.09. The zero-order chi connectivity index (χ0) is 11.6. The molecule has 0 aromatic carbocycles. The Morgan fingerprint density at radius 1 is 1.56 bits per heavy atom. The van der Waals surface area contributed by atoms with Crippen LogP contribution in [0, 0.1) is 0 Å². The maximum absolute atomic E-state index is 3.58. The molecule has 1 aromatic heterocycles. The van der Waals surface area contributed by atoms with Gasteiger partial charge in [-0.05, 0) is 51.7 Å². The van der Waals surface area contributed by atoms with Gasteiger partial charge in [0.1, 0.15) is 0 Å². The number of thiophene rings is 1. The lowest BCUT2D eigenvalue weighted by atomic mass is 9.88. The highest BCUT2D eigenvalue weighted by Crippen LogP contribution is 2.23. The minimum Gasteiger partial charge on any atom is -0.312 e. The molecule has 3 heteroatoms. The van der Waals surface area contributed by atoms with Crippen LogP contribution in [-0.2, 0) is 6.54 Å². The van der Waals surface area contributed by atoms with Gasteiger partial charge in [0.2, 0.25) is 0 Å². The van der Waals surface area contributed by atoms with Crippen molar-refractivity contribution in [2.45, 2.75) is 44.8 Å². The highest BCUT2D eigenvalue weighted by atomic mass is 32.1. The summed E-state index contributed by atoms with van der Waals surface area (Å²) in [5.41, 5.74) is 0.298. The maximum atomic E-state index is 3.58. The van der Waals surface area contributed by atoms with Gasteiger partial charge in [-0.2, -0.15) is 0 Å². The fourth-order valence-electron chi connectivity index (χ4n) is 2.49. The van der Waals surface area contributed by atoms with E-state index in [0.717, 1.165) is 19.1 Å². The molecular weight excluding hydrogens is 216 g/mol. The quantitative estimate of drug-likeness (QED) is 0.871. The summed E-state index contributed by atoms with van der Waals surface area (Å²) in [7, 11) is 2.26. The van der Waals surface area contributed by atoms with Gasteiger partial charge in [0, 0.05) is 23.0 Å². The summed E-state index contributed by atoms with van der Waals surface area (Å²) in [4.78, 5) is 3.98. The van der Waals surface area contributed by atoms with Crippen LogP contribution in [0.15, 0.2) is 17.5 Å². The largest absolute Gasteiger partial charge is 0.312 e. The van der Waals surface area contributed by atoms with Crippen molar-refractivity contribution in [3.8, 4) is 0 Å². The molecule has 1 aliphatic rings. The molecule has 1 fully saturated rings. The lowest BCUT2D eigenvalue weighted by molar-refractivity contribution is 0.139. The first-order valence-electron chi connectivity index (χ1n) is 6.04. The Hall–Kier alpha value is -0.380. The molecule has 0 spiro atoms. The molecule has 2 heterocycles. The summed E-state index contributed by atoms with van der Waals surface area (Å²) in [6.45, 7) is 6.85. The fourth-order valence-corrected chi connectivity index (χ4v) is 3.26. The maximum Gasteiger partial charge on any atom is 0.0327 e. The van der Waals surface area contributed by atoms with E-state index in [2.05, 4.69) is 48.6 Å². The third kappa shape index (κ3) is 3.06. The number of nitrogens with zero attached hydrogens (tertiary/aromatic N) is 1. The second kappa shape index (κ2) is 4.86. The molecule has 0 saturated carbocycles. The molecule has 1 N–H and O–H groups in total. The van der Waals surface area contributed by atoms with Crippen molar-refractivity contribution in [1.82, 2.24) is 10.2 Å². The second-order valence-electron chi connectivity index (χ2n) is 5.45. The van der Waals surface area contributed by atoms with Gasteiger partial charge < -0.3 is 5.32 Å². The van der Waals surface area contributed by atoms with E-state index in [0.29, 0.717) is 5.54 Å². The molecule has 16 heavy (non-hydrogen) atoms. The molecule has 0 bridgehead atoms. The van der Waals surface area contributed by atoms with Gasteiger partial charge in [0.15, 0.2) is 0 Å². The van der Waals surface area contributed by atoms with Crippen LogP contribution in [0.5, 0.6) is 0 Å². The Bertz CT molecular complexity index is 319. The molecule has 2 nitrogen and oxygen atoms in total. The van der Waals surface area contributed by atoms with Gasteiger partial charge in [-0.15, -0.1) is 11.3 Å². The van der Waals surface area contributed by atoms with E-state index in [9.17, 15) is 0 Å². The number of hydrogen-bond acceptors (Lipinski definition) is 3. The topological polar surface area (TPSA) is 15.3 Å². The number of piperidine rings is 1. The van der Waals surface area contributed by atoms with Crippen LogP contribution in [0.25, 0.3) is 0 Å². The molecule has 90 valence electrons. The van der Waals surface area contributed by atoms with Crippen molar-refractivity contribution in [1.29, 1.82) is 0 Å². The van der Waals surface area contributed by atoms with Gasteiger partial charge in [0.05, 0.1) is 0 Å². The van der Waals surface area contributed by atoms with Crippen molar-refractivity contribution in [2.75, 3.05) is 13.6 Å². The average molecular weight is 238 g/mol. The summed E-state index contributed by atoms with van der Waals surface area (Å²) in [6, 6.07) is 5.09. The van der Waals surface area contributed by atoms with E-state index < -0.39 is 0 Å². The number of nitrogens with one attached hydrogen (secondary N) is 1. The van der Waals surface area contributed by atoms with Crippen LogP contribution in [0.2, 0.25) is 0 Å². The lowest BCUT2D eigenvalue weighted by Crippen LogP contribution is -2.52. The monoisotopic (exact) mass is 238 g/mol. The average Bonchev–Trinajstić information content (AvgIpc) is 2.69. The van der Waals surface area contributed by atoms with Gasteiger partial charge in [-0.25, -0.2) is 0 Å². The SMILES string of the molecule is CN(Cc1cccs1)C1CCNC(C)(C)C1. The van der Waals surface area contributed by atoms with Crippen molar-refractivity contribution in [2.24, 2.45) is 0 Å². The predicted molar refractivity (Wildman–Crippen MR) is 70.9 cm³/mol. The van der Waals surface area contributed by atoms with E-state index in [-0.39, 0.29) is 0 Å². The summed E-state index contributed by atoms with van der Waals surface area (Å²) in [5.74, 6) is 0. The molecular formula is C13H22N2S. The Kier molecular flexibility index (Phi) is 3.67. The molecule has 0 aliphatic carbocycles. The first-order valence-corrected chi connectivity index (χ1v) is 6.92. The van der Waals surface area contributed by atoms with Crippen LogP contribution in [0.4, 0.5) is 0 Å². The Morgan fingerprint density at radius 2 is 2.38 bits per heavy atom. The fraction of sp³-hybridized carbons (Fsp3) is 0.692. The highest BCUT2D eigenvalue weighted by Gasteiger charge is 2.29. The van der Waals surface area contributed by atoms with Gasteiger partial charge in [-0.1, -0.05) is 6.07 Å². The van der Waals surface area contributed by atoms with E-state index in [1.807, 2.05) is 11.3 Å². The van der Waals surface area contributed by atoms with E-state index in [4.69, 9.17) is 0 Å². The van der Waals surface area contributed by atoms with E-state index in [1.54, 1.807) is 0 Å². The van der Waals surface area contributed by atoms with Crippen LogP contribution in [0.1, 0.15) is 31.6 Å². The first kappa shape index (κ1) is 12.1. The third-order valence-corrected chi connectivity index (χ3v) is 4.30. The molecule has 0 amide bonds. The number of rotatable bonds is 3. The van der Waals surface area contributed by atoms with Gasteiger partial charge in [0.25, 0.3) is 0 Å². The summed E-state index contributed by atoms with van der Waals surface area (Å²) in [6.07, 6.45) is 2.51. The van der Waals surface area contributed by atoms with Crippen LogP contribution >= 0.6 is 11.3 Å². The standard InChI is InChI=1S/C13H22N2S/c1-13(2)9-11(6-7-14-13)15(3)10-12-5-4-8-16-12/h4-5,8,11,14H,6-7,9-10H2,1-3H3. The summed E-state index contributed by atoms with van der Waals surface area (Å²) in [5, 5.41) is 5.74. The van der Waals surface area contributed by atoms with Crippen molar-refractivity contribution < 1.29 is 0 Å². The zero-order valence-electron chi connectivity index (χ0n) is 10.5. The van der Waals surface area contributed by atoms with E-state index >= 15 is 0 Å². The second-order valence-corrected chi connectivity index (χ2v) is 6.48. The zero-order valence-corrected chi connectivity index (χ0v) is 11.3. The van der Waals surface area contributed by atoms with Crippen LogP contribution in [-0.4, -0.2) is 30.1 Å². The Labute approximate surface area is 103 Å². The smallest absolute Gasteiger partial charge is 0.0327 e. The van der Waals surface area contributed by atoms with Crippen LogP contribution in [0.3, 0.4) is 0 Å². The Balaban J connectivity index is 1.91. The van der Waals surface area contributed by atoms with Crippen molar-refractivity contribution in [3.63, 3.8) is 0 Å². The summed E-state index contributed by atoms with van der Waals surface area (Å²) < 4.78 is 0. The van der Waals surface area contributed by atoms with Crippen molar-refractivity contribution in [3.05, 3.63) is 22.4 Å². The Morgan fingerprint density at radius 3 is 3.00 bits per heavy atom. The normalized spacial score (nSPS) is 24.9. The lowest BCUT2D eigenvalue weighted by Gasteiger charge is -2.40. The minimum absolute atomic E-state index is 0.298. The third-order valence-electron chi connectivity index (χ3n) is 3.44. The molecule has 2 rings (SSSR count). The van der Waals surface area contributed by atoms with Crippen LogP contribution < -0.4 is 5.32 Å². The molecule has 1 aromatic rings. The molecule has 1 saturated heterocycles. The molecule has 0 radical (unpaired) electrons. The van der Waals surface area contributed by atoms with Gasteiger partial charge in [-0.3, -0.25) is 4.90 Å². The van der Waals surface area contributed by atoms with Gasteiger partial charge >= 0.3 is 0 Å². The molecule has 1 aliphatic heterocycles. The molecule has 1 unspecified atom stereocenters. The first-order chi connectivity index (χ1) is 7.57.